The van der Waals surface area contributed by atoms with Crippen LogP contribution in [0.4, 0.5) is 0 Å². The fourth-order valence-corrected chi connectivity index (χ4v) is 4.11. The van der Waals surface area contributed by atoms with Crippen LogP contribution < -0.4 is 10.1 Å². The maximum atomic E-state index is 10.5. The summed E-state index contributed by atoms with van der Waals surface area (Å²) < 4.78 is 7.03. The number of piperidine rings is 1. The van der Waals surface area contributed by atoms with E-state index in [0.29, 0.717) is 11.2 Å². The molecule has 1 aliphatic rings. The smallest absolute Gasteiger partial charge is 0.279 e. The molecule has 1 fully saturated rings. The minimum absolute atomic E-state index is 0.327. The molecule has 4 rings (SSSR count). The first-order chi connectivity index (χ1) is 12.8. The summed E-state index contributed by atoms with van der Waals surface area (Å²) in [6, 6.07) is 16.6. The van der Waals surface area contributed by atoms with Crippen molar-refractivity contribution in [3.8, 4) is 10.9 Å². The number of hydrogen-bond donors (Lipinski definition) is 1. The average Bonchev–Trinajstić information content (AvgIpc) is 3.07. The Hall–Kier alpha value is -2.44. The van der Waals surface area contributed by atoms with Gasteiger partial charge in [0.05, 0.1) is 10.2 Å². The number of likely N-dealkylation sites (tertiary alicyclic amines) is 1. The van der Waals surface area contributed by atoms with Crippen molar-refractivity contribution in [2.24, 2.45) is 0 Å². The molecule has 0 spiro atoms. The van der Waals surface area contributed by atoms with Gasteiger partial charge in [-0.25, -0.2) is 4.98 Å². The number of thiazole rings is 1. The Kier molecular flexibility index (Phi) is 5.13. The van der Waals surface area contributed by atoms with E-state index >= 15 is 0 Å². The van der Waals surface area contributed by atoms with Gasteiger partial charge in [-0.2, -0.15) is 0 Å². The van der Waals surface area contributed by atoms with E-state index in [2.05, 4.69) is 33.4 Å². The summed E-state index contributed by atoms with van der Waals surface area (Å²) in [6.07, 6.45) is 2.83. The number of benzene rings is 2. The van der Waals surface area contributed by atoms with Crippen molar-refractivity contribution in [2.75, 3.05) is 13.1 Å². The van der Waals surface area contributed by atoms with Gasteiger partial charge < -0.3 is 10.1 Å². The number of aromatic nitrogens is 1. The van der Waals surface area contributed by atoms with E-state index in [4.69, 9.17) is 4.74 Å². The van der Waals surface area contributed by atoms with E-state index in [-0.39, 0.29) is 0 Å². The predicted molar refractivity (Wildman–Crippen MR) is 104 cm³/mol. The third-order valence-corrected chi connectivity index (χ3v) is 5.61. The summed E-state index contributed by atoms with van der Waals surface area (Å²) in [6.45, 7) is 2.94. The molecular formula is C20H21N3O2S. The van der Waals surface area contributed by atoms with E-state index in [9.17, 15) is 4.79 Å². The Morgan fingerprint density at radius 1 is 1.15 bits per heavy atom. The average molecular weight is 367 g/mol. The van der Waals surface area contributed by atoms with Gasteiger partial charge in [-0.15, -0.1) is 0 Å². The molecule has 1 saturated heterocycles. The SMILES string of the molecule is O=CNC1CCN(Cc2ccc(Oc3nc4ccccc4s3)cc2)CC1. The fraction of sp³-hybridized carbons (Fsp3) is 0.300. The van der Waals surface area contributed by atoms with E-state index < -0.39 is 0 Å². The highest BCUT2D eigenvalue weighted by Gasteiger charge is 2.18. The van der Waals surface area contributed by atoms with Crippen molar-refractivity contribution in [3.63, 3.8) is 0 Å². The molecule has 6 heteroatoms. The molecule has 1 aliphatic heterocycles. The highest BCUT2D eigenvalue weighted by molar-refractivity contribution is 7.20. The van der Waals surface area contributed by atoms with Crippen molar-refractivity contribution in [1.29, 1.82) is 0 Å². The van der Waals surface area contributed by atoms with Gasteiger partial charge in [0, 0.05) is 25.7 Å². The van der Waals surface area contributed by atoms with Gasteiger partial charge in [0.25, 0.3) is 5.19 Å². The second kappa shape index (κ2) is 7.85. The molecule has 134 valence electrons. The van der Waals surface area contributed by atoms with Gasteiger partial charge in [0.2, 0.25) is 6.41 Å². The molecule has 5 nitrogen and oxygen atoms in total. The second-order valence-electron chi connectivity index (χ2n) is 6.53. The van der Waals surface area contributed by atoms with Gasteiger partial charge >= 0.3 is 0 Å². The van der Waals surface area contributed by atoms with E-state index in [1.807, 2.05) is 30.3 Å². The Labute approximate surface area is 156 Å². The minimum atomic E-state index is 0.327. The summed E-state index contributed by atoms with van der Waals surface area (Å²) in [5.41, 5.74) is 2.24. The summed E-state index contributed by atoms with van der Waals surface area (Å²) in [4.78, 5) is 17.4. The Bertz CT molecular complexity index is 837. The predicted octanol–water partition coefficient (Wildman–Crippen LogP) is 3.80. The molecule has 0 unspecified atom stereocenters. The number of ether oxygens (including phenoxy) is 1. The Morgan fingerprint density at radius 3 is 2.65 bits per heavy atom. The van der Waals surface area contributed by atoms with Crippen molar-refractivity contribution in [3.05, 3.63) is 54.1 Å². The monoisotopic (exact) mass is 367 g/mol. The quantitative estimate of drug-likeness (QED) is 0.674. The largest absolute Gasteiger partial charge is 0.431 e. The third kappa shape index (κ3) is 4.03. The lowest BCUT2D eigenvalue weighted by molar-refractivity contribution is -0.110. The first-order valence-electron chi connectivity index (χ1n) is 8.84. The second-order valence-corrected chi connectivity index (χ2v) is 7.52. The minimum Gasteiger partial charge on any atom is -0.431 e. The molecule has 0 aliphatic carbocycles. The number of amides is 1. The zero-order chi connectivity index (χ0) is 17.8. The number of carbonyl (C=O) groups is 1. The summed E-state index contributed by atoms with van der Waals surface area (Å²) in [5, 5.41) is 3.55. The summed E-state index contributed by atoms with van der Waals surface area (Å²) in [7, 11) is 0. The lowest BCUT2D eigenvalue weighted by Crippen LogP contribution is -2.41. The molecule has 0 atom stereocenters. The van der Waals surface area contributed by atoms with Crippen LogP contribution in [-0.4, -0.2) is 35.4 Å². The maximum absolute atomic E-state index is 10.5. The number of rotatable bonds is 6. The number of fused-ring (bicyclic) bond motifs is 1. The molecular weight excluding hydrogens is 346 g/mol. The lowest BCUT2D eigenvalue weighted by atomic mass is 10.0. The van der Waals surface area contributed by atoms with Crippen LogP contribution in [-0.2, 0) is 11.3 Å². The van der Waals surface area contributed by atoms with Crippen LogP contribution in [0.3, 0.4) is 0 Å². The van der Waals surface area contributed by atoms with Crippen LogP contribution in [0.15, 0.2) is 48.5 Å². The molecule has 0 radical (unpaired) electrons. The zero-order valence-corrected chi connectivity index (χ0v) is 15.2. The number of hydrogen-bond acceptors (Lipinski definition) is 5. The van der Waals surface area contributed by atoms with E-state index in [1.54, 1.807) is 11.3 Å². The standard InChI is InChI=1S/C20H21N3O2S/c24-14-21-16-9-11-23(12-10-16)13-15-5-7-17(8-6-15)25-20-22-18-3-1-2-4-19(18)26-20/h1-8,14,16H,9-13H2,(H,21,24). The van der Waals surface area contributed by atoms with Crippen molar-refractivity contribution < 1.29 is 9.53 Å². The van der Waals surface area contributed by atoms with Crippen molar-refractivity contribution in [2.45, 2.75) is 25.4 Å². The van der Waals surface area contributed by atoms with Crippen molar-refractivity contribution >= 4 is 28.0 Å². The van der Waals surface area contributed by atoms with Crippen molar-refractivity contribution in [1.82, 2.24) is 15.2 Å². The fourth-order valence-electron chi connectivity index (χ4n) is 3.27. The molecule has 0 bridgehead atoms. The highest BCUT2D eigenvalue weighted by atomic mass is 32.1. The lowest BCUT2D eigenvalue weighted by Gasteiger charge is -2.31. The number of para-hydroxylation sites is 1. The van der Waals surface area contributed by atoms with E-state index in [0.717, 1.165) is 54.9 Å². The van der Waals surface area contributed by atoms with Gasteiger partial charge in [0.15, 0.2) is 0 Å². The van der Waals surface area contributed by atoms with Crippen LogP contribution in [0.5, 0.6) is 10.9 Å². The molecule has 26 heavy (non-hydrogen) atoms. The third-order valence-electron chi connectivity index (χ3n) is 4.70. The molecule has 1 amide bonds. The highest BCUT2D eigenvalue weighted by Crippen LogP contribution is 2.31. The van der Waals surface area contributed by atoms with Gasteiger partial charge in [0.1, 0.15) is 5.75 Å². The summed E-state index contributed by atoms with van der Waals surface area (Å²) >= 11 is 1.56. The normalized spacial score (nSPS) is 15.8. The molecule has 2 aromatic carbocycles. The van der Waals surface area contributed by atoms with Crippen LogP contribution in [0.2, 0.25) is 0 Å². The van der Waals surface area contributed by atoms with Crippen LogP contribution >= 0.6 is 11.3 Å². The Balaban J connectivity index is 1.34. The number of nitrogens with one attached hydrogen (secondary N) is 1. The maximum Gasteiger partial charge on any atom is 0.279 e. The molecule has 1 N–H and O–H groups in total. The first kappa shape index (κ1) is 17.0. The van der Waals surface area contributed by atoms with Gasteiger partial charge in [-0.05, 0) is 42.7 Å². The van der Waals surface area contributed by atoms with Gasteiger partial charge in [-0.3, -0.25) is 9.69 Å². The number of carbonyl (C=O) groups excluding carboxylic acids is 1. The Morgan fingerprint density at radius 2 is 1.92 bits per heavy atom. The molecule has 0 saturated carbocycles. The van der Waals surface area contributed by atoms with Gasteiger partial charge in [-0.1, -0.05) is 35.6 Å². The summed E-state index contributed by atoms with van der Waals surface area (Å²) in [5.74, 6) is 0.807. The topological polar surface area (TPSA) is 54.5 Å². The number of nitrogens with zero attached hydrogens (tertiary/aromatic N) is 2. The molecule has 3 aromatic rings. The van der Waals surface area contributed by atoms with Crippen LogP contribution in [0.25, 0.3) is 10.2 Å². The van der Waals surface area contributed by atoms with Crippen LogP contribution in [0, 0.1) is 0 Å². The van der Waals surface area contributed by atoms with E-state index in [1.165, 1.54) is 5.56 Å². The first-order valence-corrected chi connectivity index (χ1v) is 9.66. The molecule has 1 aromatic heterocycles. The van der Waals surface area contributed by atoms with Crippen LogP contribution in [0.1, 0.15) is 18.4 Å². The molecule has 2 heterocycles. The zero-order valence-electron chi connectivity index (χ0n) is 14.4.